The van der Waals surface area contributed by atoms with E-state index in [4.69, 9.17) is 26.3 Å². The van der Waals surface area contributed by atoms with Gasteiger partial charge in [0.2, 0.25) is 5.91 Å². The lowest BCUT2D eigenvalue weighted by atomic mass is 9.93. The number of ether oxygens (including phenoxy) is 1. The Hall–Kier alpha value is -3.76. The van der Waals surface area contributed by atoms with Gasteiger partial charge in [-0.15, -0.1) is 0 Å². The van der Waals surface area contributed by atoms with E-state index < -0.39 is 5.82 Å². The molecule has 11 heteroatoms. The number of H-pyrrole nitrogens is 1. The summed E-state index contributed by atoms with van der Waals surface area (Å²) in [6.07, 6.45) is 5.61. The highest BCUT2D eigenvalue weighted by molar-refractivity contribution is 6.35. The molecule has 9 nitrogen and oxygen atoms in total. The van der Waals surface area contributed by atoms with Crippen molar-refractivity contribution in [1.82, 2.24) is 30.0 Å². The summed E-state index contributed by atoms with van der Waals surface area (Å²) in [7, 11) is 0. The number of nitrogens with zero attached hydrogens (tertiary/aromatic N) is 6. The number of aryl methyl sites for hydroxylation is 1. The number of fused-ring (bicyclic) bond motifs is 2. The van der Waals surface area contributed by atoms with E-state index in [0.29, 0.717) is 48.4 Å². The van der Waals surface area contributed by atoms with Gasteiger partial charge in [0.05, 0.1) is 16.2 Å². The Morgan fingerprint density at radius 1 is 1.17 bits per heavy atom. The molecule has 3 aliphatic rings. The fourth-order valence-electron chi connectivity index (χ4n) is 7.62. The van der Waals surface area contributed by atoms with Crippen molar-refractivity contribution in [2.75, 3.05) is 31.1 Å². The number of carbonyl (C=O) groups excluding carboxylic acids is 1. The zero-order chi connectivity index (χ0) is 33.1. The normalized spacial score (nSPS) is 22.2. The fourth-order valence-corrected chi connectivity index (χ4v) is 7.91. The van der Waals surface area contributed by atoms with Crippen LogP contribution in [-0.4, -0.2) is 86.3 Å². The predicted octanol–water partition coefficient (Wildman–Crippen LogP) is 7.01. The molecule has 0 radical (unpaired) electrons. The van der Waals surface area contributed by atoms with Crippen molar-refractivity contribution in [2.24, 2.45) is 0 Å². The summed E-state index contributed by atoms with van der Waals surface area (Å²) in [6, 6.07) is 6.29. The Labute approximate surface area is 280 Å². The molecule has 2 aliphatic heterocycles. The third kappa shape index (κ3) is 5.63. The van der Waals surface area contributed by atoms with Crippen LogP contribution >= 0.6 is 11.6 Å². The second-order valence-corrected chi connectivity index (χ2v) is 14.2. The Morgan fingerprint density at radius 2 is 1.96 bits per heavy atom. The molecular weight excluding hydrogens is 617 g/mol. The number of hydrogen-bond acceptors (Lipinski definition) is 7. The maximum atomic E-state index is 17.3. The number of aromatic nitrogens is 4. The van der Waals surface area contributed by atoms with Crippen molar-refractivity contribution in [2.45, 2.75) is 90.4 Å². The number of carbonyl (C=O) groups is 1. The van der Waals surface area contributed by atoms with Crippen LogP contribution < -0.4 is 9.64 Å². The van der Waals surface area contributed by atoms with Crippen LogP contribution in [0.2, 0.25) is 5.02 Å². The average molecular weight is 660 g/mol. The SMILES string of the molecule is C=CC(=O)N1C[C@H](C)N(c2nc(OC[C@@H]3CCCN3C(C)C)nc3c(F)c(-c4c(C)ccc5[nH]nc(C6CC6)c45)c(Cl)cc23)C[C@H]1C. The molecule has 1 amide bonds. The van der Waals surface area contributed by atoms with Gasteiger partial charge < -0.3 is 14.5 Å². The summed E-state index contributed by atoms with van der Waals surface area (Å²) in [4.78, 5) is 28.7. The molecule has 47 heavy (non-hydrogen) atoms. The Morgan fingerprint density at radius 3 is 2.68 bits per heavy atom. The minimum absolute atomic E-state index is 0.111. The maximum Gasteiger partial charge on any atom is 0.319 e. The standard InChI is InChI=1S/C36H43ClFN7O2/c1-7-28(46)44-16-22(6)45(17-21(44)5)35-25-15-26(37)30(29-20(4)10-13-27-31(29)33(42-41-27)23-11-12-23)32(38)34(25)39-36(40-35)47-18-24-9-8-14-43(24)19(2)3/h7,10,13,15,19,21-24H,1,8-9,11-12,14,16-18H2,2-6H3,(H,41,42)/t21-,22+,24+/m1/s1. The predicted molar refractivity (Wildman–Crippen MR) is 185 cm³/mol. The van der Waals surface area contributed by atoms with Crippen molar-refractivity contribution in [3.63, 3.8) is 0 Å². The molecule has 1 aliphatic carbocycles. The number of piperazine rings is 1. The lowest BCUT2D eigenvalue weighted by molar-refractivity contribution is -0.128. The number of likely N-dealkylation sites (tertiary alicyclic amines) is 1. The van der Waals surface area contributed by atoms with Gasteiger partial charge in [-0.1, -0.05) is 24.2 Å². The first-order chi connectivity index (χ1) is 22.6. The van der Waals surface area contributed by atoms with Gasteiger partial charge in [-0.05, 0) is 90.6 Å². The second-order valence-electron chi connectivity index (χ2n) is 13.8. The van der Waals surface area contributed by atoms with Gasteiger partial charge in [0.1, 0.15) is 17.9 Å². The molecule has 4 heterocycles. The third-order valence-corrected chi connectivity index (χ3v) is 10.5. The molecule has 2 aromatic carbocycles. The quantitative estimate of drug-likeness (QED) is 0.204. The Balaban J connectivity index is 1.38. The summed E-state index contributed by atoms with van der Waals surface area (Å²) in [6.45, 7) is 16.5. The highest BCUT2D eigenvalue weighted by Crippen LogP contribution is 2.48. The first kappa shape index (κ1) is 31.8. The molecule has 1 N–H and O–H groups in total. The van der Waals surface area contributed by atoms with Gasteiger partial charge >= 0.3 is 6.01 Å². The Kier molecular flexibility index (Phi) is 8.37. The van der Waals surface area contributed by atoms with Gasteiger partial charge in [0.15, 0.2) is 5.82 Å². The number of anilines is 1. The molecule has 2 aromatic heterocycles. The molecule has 1 saturated carbocycles. The molecule has 3 fully saturated rings. The minimum atomic E-state index is -0.509. The van der Waals surface area contributed by atoms with Gasteiger partial charge in [0.25, 0.3) is 0 Å². The fraction of sp³-hybridized carbons (Fsp3) is 0.500. The van der Waals surface area contributed by atoms with Crippen molar-refractivity contribution < 1.29 is 13.9 Å². The molecule has 3 atom stereocenters. The lowest BCUT2D eigenvalue weighted by Crippen LogP contribution is -2.58. The van der Waals surface area contributed by atoms with Crippen molar-refractivity contribution in [3.8, 4) is 17.1 Å². The minimum Gasteiger partial charge on any atom is -0.462 e. The van der Waals surface area contributed by atoms with Crippen LogP contribution in [-0.2, 0) is 4.79 Å². The van der Waals surface area contributed by atoms with E-state index >= 15 is 4.39 Å². The van der Waals surface area contributed by atoms with E-state index in [1.165, 1.54) is 6.08 Å². The molecule has 0 unspecified atom stereocenters. The van der Waals surface area contributed by atoms with Gasteiger partial charge in [-0.2, -0.15) is 15.1 Å². The highest BCUT2D eigenvalue weighted by atomic mass is 35.5. The highest BCUT2D eigenvalue weighted by Gasteiger charge is 2.35. The number of nitrogens with one attached hydrogen (secondary N) is 1. The zero-order valence-electron chi connectivity index (χ0n) is 27.8. The van der Waals surface area contributed by atoms with Crippen LogP contribution in [0, 0.1) is 12.7 Å². The first-order valence-electron chi connectivity index (χ1n) is 16.8. The van der Waals surface area contributed by atoms with Crippen LogP contribution in [0.1, 0.15) is 70.6 Å². The smallest absolute Gasteiger partial charge is 0.319 e. The molecule has 4 aromatic rings. The summed E-state index contributed by atoms with van der Waals surface area (Å²) >= 11 is 7.08. The van der Waals surface area contributed by atoms with Crippen molar-refractivity contribution in [1.29, 1.82) is 0 Å². The molecule has 7 rings (SSSR count). The van der Waals surface area contributed by atoms with E-state index in [0.717, 1.165) is 60.0 Å². The lowest BCUT2D eigenvalue weighted by Gasteiger charge is -2.44. The topological polar surface area (TPSA) is 90.5 Å². The summed E-state index contributed by atoms with van der Waals surface area (Å²) in [5.74, 6) is 0.286. The zero-order valence-corrected chi connectivity index (χ0v) is 28.6. The number of aromatic amines is 1. The first-order valence-corrected chi connectivity index (χ1v) is 17.2. The number of halogens is 2. The summed E-state index contributed by atoms with van der Waals surface area (Å²) < 4.78 is 23.6. The van der Waals surface area contributed by atoms with Crippen LogP contribution in [0.25, 0.3) is 32.9 Å². The molecule has 2 saturated heterocycles. The van der Waals surface area contributed by atoms with Gasteiger partial charge in [-0.25, -0.2) is 4.39 Å². The summed E-state index contributed by atoms with van der Waals surface area (Å²) in [5, 5.41) is 9.50. The van der Waals surface area contributed by atoms with E-state index in [1.807, 2.05) is 37.8 Å². The van der Waals surface area contributed by atoms with E-state index in [9.17, 15) is 4.79 Å². The van der Waals surface area contributed by atoms with Crippen molar-refractivity contribution >= 4 is 45.1 Å². The van der Waals surface area contributed by atoms with Crippen LogP contribution in [0.15, 0.2) is 30.9 Å². The number of benzene rings is 2. The van der Waals surface area contributed by atoms with Crippen molar-refractivity contribution in [3.05, 3.63) is 53.0 Å². The number of amides is 1. The molecule has 248 valence electrons. The largest absolute Gasteiger partial charge is 0.462 e. The monoisotopic (exact) mass is 659 g/mol. The maximum absolute atomic E-state index is 17.3. The van der Waals surface area contributed by atoms with Crippen LogP contribution in [0.5, 0.6) is 6.01 Å². The van der Waals surface area contributed by atoms with E-state index in [2.05, 4.69) is 40.4 Å². The summed E-state index contributed by atoms with van der Waals surface area (Å²) in [5.41, 5.74) is 3.94. The van der Waals surface area contributed by atoms with E-state index in [1.54, 1.807) is 6.07 Å². The molecule has 0 bridgehead atoms. The van der Waals surface area contributed by atoms with E-state index in [-0.39, 0.29) is 40.6 Å². The van der Waals surface area contributed by atoms with Crippen LogP contribution in [0.4, 0.5) is 10.2 Å². The third-order valence-electron chi connectivity index (χ3n) is 10.2. The molecular formula is C36H43ClFN7O2. The number of rotatable bonds is 8. The number of hydrogen-bond donors (Lipinski definition) is 1. The molecule has 0 spiro atoms. The van der Waals surface area contributed by atoms with Gasteiger partial charge in [0, 0.05) is 65.1 Å². The average Bonchev–Trinajstić information content (AvgIpc) is 3.61. The van der Waals surface area contributed by atoms with Gasteiger partial charge in [-0.3, -0.25) is 14.8 Å². The second kappa shape index (κ2) is 12.4. The van der Waals surface area contributed by atoms with Crippen LogP contribution in [0.3, 0.4) is 0 Å². The Bertz CT molecular complexity index is 1870.